The molecule has 0 aliphatic carbocycles. The van der Waals surface area contributed by atoms with Gasteiger partial charge in [0.25, 0.3) is 15.9 Å². The van der Waals surface area contributed by atoms with Crippen molar-refractivity contribution in [1.29, 1.82) is 0 Å². The Bertz CT molecular complexity index is 1200. The van der Waals surface area contributed by atoms with Gasteiger partial charge in [-0.25, -0.2) is 13.8 Å². The van der Waals surface area contributed by atoms with Crippen LogP contribution in [0.25, 0.3) is 0 Å². The van der Waals surface area contributed by atoms with E-state index >= 15 is 0 Å². The fourth-order valence-corrected chi connectivity index (χ4v) is 4.61. The molecule has 0 aliphatic rings. The van der Waals surface area contributed by atoms with Crippen molar-refractivity contribution in [2.75, 3.05) is 10.8 Å². The summed E-state index contributed by atoms with van der Waals surface area (Å²) in [5.41, 5.74) is 3.14. The molecule has 0 spiro atoms. The summed E-state index contributed by atoms with van der Waals surface area (Å²) in [4.78, 5) is 12.5. The first-order chi connectivity index (χ1) is 14.8. The van der Waals surface area contributed by atoms with Crippen LogP contribution in [0.4, 0.5) is 5.69 Å². The number of rotatable bonds is 7. The Morgan fingerprint density at radius 2 is 1.58 bits per heavy atom. The molecular formula is C21H16Cl3N3O3S. The lowest BCUT2D eigenvalue weighted by Crippen LogP contribution is -2.39. The van der Waals surface area contributed by atoms with Crippen molar-refractivity contribution in [2.45, 2.75) is 4.90 Å². The number of nitrogens with one attached hydrogen (secondary N) is 1. The van der Waals surface area contributed by atoms with Crippen LogP contribution in [-0.2, 0) is 14.8 Å². The molecule has 3 aromatic carbocycles. The zero-order valence-corrected chi connectivity index (χ0v) is 19.0. The maximum absolute atomic E-state index is 13.2. The molecule has 0 saturated carbocycles. The Balaban J connectivity index is 1.82. The van der Waals surface area contributed by atoms with Crippen molar-refractivity contribution in [3.63, 3.8) is 0 Å². The van der Waals surface area contributed by atoms with Gasteiger partial charge in [0.2, 0.25) is 0 Å². The highest BCUT2D eigenvalue weighted by Gasteiger charge is 2.27. The average molecular weight is 497 g/mol. The third kappa shape index (κ3) is 5.98. The summed E-state index contributed by atoms with van der Waals surface area (Å²) in [6, 6.07) is 18.8. The summed E-state index contributed by atoms with van der Waals surface area (Å²) in [5, 5.41) is 5.12. The van der Waals surface area contributed by atoms with Crippen LogP contribution >= 0.6 is 34.8 Å². The monoisotopic (exact) mass is 495 g/mol. The molecule has 3 rings (SSSR count). The van der Waals surface area contributed by atoms with Crippen molar-refractivity contribution in [1.82, 2.24) is 5.43 Å². The number of carbonyl (C=O) groups excluding carboxylic acids is 1. The Labute approximate surface area is 195 Å². The highest BCUT2D eigenvalue weighted by atomic mass is 35.5. The van der Waals surface area contributed by atoms with Gasteiger partial charge in [-0.05, 0) is 48.5 Å². The lowest BCUT2D eigenvalue weighted by atomic mass is 10.2. The minimum absolute atomic E-state index is 0.0502. The third-order valence-electron chi connectivity index (χ3n) is 4.09. The van der Waals surface area contributed by atoms with E-state index in [9.17, 15) is 13.2 Å². The van der Waals surface area contributed by atoms with Gasteiger partial charge in [0, 0.05) is 15.6 Å². The van der Waals surface area contributed by atoms with Gasteiger partial charge in [0.05, 0.1) is 21.8 Å². The second kappa shape index (κ2) is 10.2. The SMILES string of the molecule is O=C(CN(c1ccc(Cl)cc1)S(=O)(=O)c1ccccc1)N/N=C\c1ccc(Cl)cc1Cl. The molecule has 0 fully saturated rings. The van der Waals surface area contributed by atoms with E-state index in [0.29, 0.717) is 20.6 Å². The number of hydrogen-bond donors (Lipinski definition) is 1. The minimum Gasteiger partial charge on any atom is -0.271 e. The number of hydrogen-bond acceptors (Lipinski definition) is 4. The molecule has 0 aliphatic heterocycles. The van der Waals surface area contributed by atoms with E-state index in [-0.39, 0.29) is 10.6 Å². The summed E-state index contributed by atoms with van der Waals surface area (Å²) in [6.45, 7) is -0.495. The van der Waals surface area contributed by atoms with Crippen molar-refractivity contribution in [3.05, 3.63) is 93.4 Å². The first-order valence-corrected chi connectivity index (χ1v) is 11.4. The largest absolute Gasteiger partial charge is 0.271 e. The van der Waals surface area contributed by atoms with E-state index in [0.717, 1.165) is 4.31 Å². The van der Waals surface area contributed by atoms with Gasteiger partial charge < -0.3 is 0 Å². The van der Waals surface area contributed by atoms with Crippen molar-refractivity contribution in [3.8, 4) is 0 Å². The van der Waals surface area contributed by atoms with Gasteiger partial charge in [-0.15, -0.1) is 0 Å². The number of nitrogens with zero attached hydrogens (tertiary/aromatic N) is 2. The van der Waals surface area contributed by atoms with Crippen molar-refractivity contribution in [2.24, 2.45) is 5.10 Å². The fraction of sp³-hybridized carbons (Fsp3) is 0.0476. The number of sulfonamides is 1. The Hall–Kier alpha value is -2.58. The highest BCUT2D eigenvalue weighted by molar-refractivity contribution is 7.92. The van der Waals surface area contributed by atoms with Crippen molar-refractivity contribution < 1.29 is 13.2 Å². The molecule has 0 aromatic heterocycles. The number of amides is 1. The second-order valence-corrected chi connectivity index (χ2v) is 9.40. The second-order valence-electron chi connectivity index (χ2n) is 6.26. The molecule has 0 heterocycles. The molecule has 0 unspecified atom stereocenters. The van der Waals surface area contributed by atoms with Gasteiger partial charge in [-0.2, -0.15) is 5.10 Å². The van der Waals surface area contributed by atoms with Crippen LogP contribution in [0.1, 0.15) is 5.56 Å². The molecule has 0 radical (unpaired) electrons. The van der Waals surface area contributed by atoms with Gasteiger partial charge >= 0.3 is 0 Å². The molecule has 0 atom stereocenters. The number of anilines is 1. The minimum atomic E-state index is -4.01. The maximum atomic E-state index is 13.2. The van der Waals surface area contributed by atoms with Crippen LogP contribution < -0.4 is 9.73 Å². The lowest BCUT2D eigenvalue weighted by molar-refractivity contribution is -0.119. The number of hydrazone groups is 1. The van der Waals surface area contributed by atoms with Crippen LogP contribution in [-0.4, -0.2) is 27.1 Å². The predicted molar refractivity (Wildman–Crippen MR) is 125 cm³/mol. The predicted octanol–water partition coefficient (Wildman–Crippen LogP) is 4.99. The Morgan fingerprint density at radius 3 is 2.23 bits per heavy atom. The summed E-state index contributed by atoms with van der Waals surface area (Å²) < 4.78 is 27.3. The number of halogens is 3. The molecule has 3 aromatic rings. The zero-order valence-electron chi connectivity index (χ0n) is 15.9. The van der Waals surface area contributed by atoms with E-state index < -0.39 is 22.5 Å². The Morgan fingerprint density at radius 1 is 0.935 bits per heavy atom. The molecule has 6 nitrogen and oxygen atoms in total. The van der Waals surface area contributed by atoms with Crippen LogP contribution in [0.15, 0.2) is 82.8 Å². The first-order valence-electron chi connectivity index (χ1n) is 8.88. The highest BCUT2D eigenvalue weighted by Crippen LogP contribution is 2.25. The molecule has 0 saturated heterocycles. The van der Waals surface area contributed by atoms with E-state index in [1.165, 1.54) is 30.5 Å². The number of carbonyl (C=O) groups is 1. The number of benzene rings is 3. The van der Waals surface area contributed by atoms with E-state index in [1.54, 1.807) is 48.5 Å². The van der Waals surface area contributed by atoms with Crippen molar-refractivity contribution >= 4 is 62.6 Å². The molecule has 0 bridgehead atoms. The van der Waals surface area contributed by atoms with E-state index in [2.05, 4.69) is 10.5 Å². The normalized spacial score (nSPS) is 11.5. The van der Waals surface area contributed by atoms with E-state index in [4.69, 9.17) is 34.8 Å². The van der Waals surface area contributed by atoms with Gasteiger partial charge in [-0.1, -0.05) is 59.1 Å². The summed E-state index contributed by atoms with van der Waals surface area (Å²) in [7, 11) is -4.01. The molecule has 160 valence electrons. The molecule has 31 heavy (non-hydrogen) atoms. The molecular weight excluding hydrogens is 481 g/mol. The fourth-order valence-electron chi connectivity index (χ4n) is 2.59. The molecule has 1 N–H and O–H groups in total. The van der Waals surface area contributed by atoms with Crippen LogP contribution in [0.5, 0.6) is 0 Å². The summed E-state index contributed by atoms with van der Waals surface area (Å²) in [6.07, 6.45) is 1.34. The van der Waals surface area contributed by atoms with E-state index in [1.807, 2.05) is 0 Å². The van der Waals surface area contributed by atoms with Gasteiger partial charge in [0.1, 0.15) is 6.54 Å². The topological polar surface area (TPSA) is 78.8 Å². The Kier molecular flexibility index (Phi) is 7.56. The average Bonchev–Trinajstić information content (AvgIpc) is 2.75. The van der Waals surface area contributed by atoms with Gasteiger partial charge in [-0.3, -0.25) is 9.10 Å². The van der Waals surface area contributed by atoms with Crippen LogP contribution in [0, 0.1) is 0 Å². The molecule has 1 amide bonds. The quantitative estimate of drug-likeness (QED) is 0.370. The molecule has 10 heteroatoms. The first kappa shape index (κ1) is 23.1. The summed E-state index contributed by atoms with van der Waals surface area (Å²) in [5.74, 6) is -0.643. The smallest absolute Gasteiger partial charge is 0.264 e. The lowest BCUT2D eigenvalue weighted by Gasteiger charge is -2.23. The zero-order chi connectivity index (χ0) is 22.4. The van der Waals surface area contributed by atoms with Gasteiger partial charge in [0.15, 0.2) is 0 Å². The standard InChI is InChI=1S/C21H16Cl3N3O3S/c22-16-8-10-18(11-9-16)27(31(29,30)19-4-2-1-3-5-19)14-21(28)26-25-13-15-6-7-17(23)12-20(15)24/h1-13H,14H2,(H,26,28)/b25-13-. The maximum Gasteiger partial charge on any atom is 0.264 e. The summed E-state index contributed by atoms with van der Waals surface area (Å²) >= 11 is 17.8. The van der Waals surface area contributed by atoms with Crippen LogP contribution in [0.3, 0.4) is 0 Å². The third-order valence-corrected chi connectivity index (χ3v) is 6.69. The van der Waals surface area contributed by atoms with Crippen LogP contribution in [0.2, 0.25) is 15.1 Å².